The van der Waals surface area contributed by atoms with Crippen molar-refractivity contribution in [3.63, 3.8) is 0 Å². The predicted octanol–water partition coefficient (Wildman–Crippen LogP) is 5.12. The van der Waals surface area contributed by atoms with Crippen molar-refractivity contribution < 1.29 is 13.9 Å². The van der Waals surface area contributed by atoms with E-state index in [2.05, 4.69) is 23.2 Å². The number of benzene rings is 1. The SMILES string of the molecule is Fc1ccc(C2CCOCC2)c(OC2CC(Cc3nc4ccccc4s3)C2)n1. The quantitative estimate of drug-likeness (QED) is 0.559. The molecule has 1 aromatic carbocycles. The second-order valence-corrected chi connectivity index (χ2v) is 8.89. The molecule has 28 heavy (non-hydrogen) atoms. The largest absolute Gasteiger partial charge is 0.474 e. The third-order valence-corrected chi connectivity index (χ3v) is 6.85. The van der Waals surface area contributed by atoms with Gasteiger partial charge in [-0.2, -0.15) is 9.37 Å². The lowest BCUT2D eigenvalue weighted by Crippen LogP contribution is -2.35. The van der Waals surface area contributed by atoms with Gasteiger partial charge in [0.25, 0.3) is 0 Å². The topological polar surface area (TPSA) is 44.2 Å². The van der Waals surface area contributed by atoms with Crippen molar-refractivity contribution in [3.05, 3.63) is 52.9 Å². The minimum absolute atomic E-state index is 0.118. The molecule has 1 saturated carbocycles. The van der Waals surface area contributed by atoms with Crippen molar-refractivity contribution in [2.45, 2.75) is 44.1 Å². The van der Waals surface area contributed by atoms with Crippen molar-refractivity contribution in [1.29, 1.82) is 0 Å². The van der Waals surface area contributed by atoms with Crippen molar-refractivity contribution in [1.82, 2.24) is 9.97 Å². The van der Waals surface area contributed by atoms with E-state index in [9.17, 15) is 4.39 Å². The predicted molar refractivity (Wildman–Crippen MR) is 107 cm³/mol. The van der Waals surface area contributed by atoms with Gasteiger partial charge in [0.05, 0.1) is 15.2 Å². The smallest absolute Gasteiger partial charge is 0.219 e. The summed E-state index contributed by atoms with van der Waals surface area (Å²) in [4.78, 5) is 8.80. The van der Waals surface area contributed by atoms with Gasteiger partial charge in [0.2, 0.25) is 11.8 Å². The maximum absolute atomic E-state index is 13.7. The first kappa shape index (κ1) is 18.0. The van der Waals surface area contributed by atoms with Gasteiger partial charge in [0.1, 0.15) is 6.10 Å². The Morgan fingerprint density at radius 2 is 1.89 bits per heavy atom. The van der Waals surface area contributed by atoms with E-state index in [1.165, 1.54) is 15.8 Å². The van der Waals surface area contributed by atoms with Crippen molar-refractivity contribution >= 4 is 21.6 Å². The zero-order valence-electron chi connectivity index (χ0n) is 15.6. The van der Waals surface area contributed by atoms with Gasteiger partial charge in [-0.25, -0.2) is 4.98 Å². The summed E-state index contributed by atoms with van der Waals surface area (Å²) in [5.41, 5.74) is 2.11. The Morgan fingerprint density at radius 1 is 1.07 bits per heavy atom. The lowest BCUT2D eigenvalue weighted by molar-refractivity contribution is 0.0557. The molecule has 146 valence electrons. The van der Waals surface area contributed by atoms with Gasteiger partial charge in [0, 0.05) is 25.2 Å². The maximum Gasteiger partial charge on any atom is 0.219 e. The molecule has 2 fully saturated rings. The third-order valence-electron chi connectivity index (χ3n) is 5.79. The van der Waals surface area contributed by atoms with E-state index in [4.69, 9.17) is 14.5 Å². The maximum atomic E-state index is 13.7. The number of hydrogen-bond acceptors (Lipinski definition) is 5. The van der Waals surface area contributed by atoms with Gasteiger partial charge in [-0.3, -0.25) is 0 Å². The molecule has 1 aliphatic heterocycles. The van der Waals surface area contributed by atoms with Crippen LogP contribution in [-0.4, -0.2) is 29.3 Å². The summed E-state index contributed by atoms with van der Waals surface area (Å²) in [6, 6.07) is 11.5. The number of hydrogen-bond donors (Lipinski definition) is 0. The van der Waals surface area contributed by atoms with Crippen LogP contribution in [0.5, 0.6) is 5.88 Å². The second-order valence-electron chi connectivity index (χ2n) is 7.77. The Morgan fingerprint density at radius 3 is 2.71 bits per heavy atom. The molecule has 0 unspecified atom stereocenters. The molecule has 2 aromatic heterocycles. The fraction of sp³-hybridized carbons (Fsp3) is 0.455. The first-order valence-electron chi connectivity index (χ1n) is 10.00. The fourth-order valence-corrected chi connectivity index (χ4v) is 5.27. The van der Waals surface area contributed by atoms with Gasteiger partial charge in [-0.15, -0.1) is 11.3 Å². The zero-order chi connectivity index (χ0) is 18.9. The number of halogens is 1. The van der Waals surface area contributed by atoms with E-state index < -0.39 is 5.95 Å². The summed E-state index contributed by atoms with van der Waals surface area (Å²) in [5.74, 6) is 0.924. The summed E-state index contributed by atoms with van der Waals surface area (Å²) in [6.45, 7) is 1.49. The summed E-state index contributed by atoms with van der Waals surface area (Å²) in [6.07, 6.45) is 4.93. The first-order valence-corrected chi connectivity index (χ1v) is 10.8. The highest BCUT2D eigenvalue weighted by molar-refractivity contribution is 7.18. The van der Waals surface area contributed by atoms with E-state index >= 15 is 0 Å². The first-order chi connectivity index (χ1) is 13.7. The molecule has 0 N–H and O–H groups in total. The molecule has 0 amide bonds. The lowest BCUT2D eigenvalue weighted by Gasteiger charge is -2.35. The van der Waals surface area contributed by atoms with Gasteiger partial charge in [0.15, 0.2) is 0 Å². The monoisotopic (exact) mass is 398 g/mol. The Labute approximate surface area is 167 Å². The van der Waals surface area contributed by atoms with Crippen molar-refractivity contribution in [2.24, 2.45) is 5.92 Å². The minimum Gasteiger partial charge on any atom is -0.474 e. The van der Waals surface area contributed by atoms with Crippen LogP contribution in [0.25, 0.3) is 10.2 Å². The van der Waals surface area contributed by atoms with Crippen LogP contribution in [-0.2, 0) is 11.2 Å². The minimum atomic E-state index is -0.476. The number of para-hydroxylation sites is 1. The van der Waals surface area contributed by atoms with E-state index in [1.54, 1.807) is 11.3 Å². The Bertz CT molecular complexity index is 931. The molecule has 4 nitrogen and oxygen atoms in total. The Hall–Kier alpha value is -2.05. The van der Waals surface area contributed by atoms with Crippen LogP contribution in [0.2, 0.25) is 0 Å². The van der Waals surface area contributed by atoms with E-state index in [0.29, 0.717) is 17.7 Å². The van der Waals surface area contributed by atoms with Gasteiger partial charge in [-0.05, 0) is 61.8 Å². The Balaban J connectivity index is 1.22. The number of thiazole rings is 1. The fourth-order valence-electron chi connectivity index (χ4n) is 4.19. The highest BCUT2D eigenvalue weighted by Crippen LogP contribution is 2.38. The number of ether oxygens (including phenoxy) is 2. The molecular weight excluding hydrogens is 375 g/mol. The molecule has 3 aromatic rings. The lowest BCUT2D eigenvalue weighted by atomic mass is 9.80. The number of nitrogens with zero attached hydrogens (tertiary/aromatic N) is 2. The second kappa shape index (κ2) is 7.76. The number of fused-ring (bicyclic) bond motifs is 1. The summed E-state index contributed by atoms with van der Waals surface area (Å²) >= 11 is 1.78. The highest BCUT2D eigenvalue weighted by Gasteiger charge is 2.33. The highest BCUT2D eigenvalue weighted by atomic mass is 32.1. The van der Waals surface area contributed by atoms with E-state index in [1.807, 2.05) is 12.1 Å². The van der Waals surface area contributed by atoms with Crippen molar-refractivity contribution in [3.8, 4) is 5.88 Å². The molecule has 0 radical (unpaired) electrons. The van der Waals surface area contributed by atoms with Crippen LogP contribution in [0.4, 0.5) is 4.39 Å². The number of pyridine rings is 1. The molecule has 1 saturated heterocycles. The van der Waals surface area contributed by atoms with E-state index in [-0.39, 0.29) is 6.10 Å². The summed E-state index contributed by atoms with van der Waals surface area (Å²) in [7, 11) is 0. The molecular formula is C22H23FN2O2S. The molecule has 0 spiro atoms. The van der Waals surface area contributed by atoms with Gasteiger partial charge in [-0.1, -0.05) is 12.1 Å². The number of aromatic nitrogens is 2. The van der Waals surface area contributed by atoms with Crippen molar-refractivity contribution in [2.75, 3.05) is 13.2 Å². The van der Waals surface area contributed by atoms with Crippen LogP contribution in [0.3, 0.4) is 0 Å². The zero-order valence-corrected chi connectivity index (χ0v) is 16.5. The molecule has 5 rings (SSSR count). The normalized spacial score (nSPS) is 22.9. The van der Waals surface area contributed by atoms with Crippen LogP contribution >= 0.6 is 11.3 Å². The molecule has 1 aliphatic carbocycles. The molecule has 0 atom stereocenters. The molecule has 0 bridgehead atoms. The third kappa shape index (κ3) is 3.76. The number of rotatable bonds is 5. The van der Waals surface area contributed by atoms with Crippen LogP contribution in [0, 0.1) is 11.9 Å². The summed E-state index contributed by atoms with van der Waals surface area (Å²) < 4.78 is 26.6. The average Bonchev–Trinajstić information content (AvgIpc) is 3.10. The van der Waals surface area contributed by atoms with Crippen LogP contribution < -0.4 is 4.74 Å². The molecule has 6 heteroatoms. The summed E-state index contributed by atoms with van der Waals surface area (Å²) in [5, 5.41) is 1.19. The Kier molecular flexibility index (Phi) is 4.99. The average molecular weight is 399 g/mol. The van der Waals surface area contributed by atoms with Crippen LogP contribution in [0.1, 0.15) is 42.2 Å². The van der Waals surface area contributed by atoms with Gasteiger partial charge >= 0.3 is 0 Å². The van der Waals surface area contributed by atoms with E-state index in [0.717, 1.165) is 56.4 Å². The molecule has 2 aliphatic rings. The standard InChI is InChI=1S/C22H23FN2O2S/c23-20-6-5-17(15-7-9-26-10-8-15)22(25-20)27-16-11-14(12-16)13-21-24-18-3-1-2-4-19(18)28-21/h1-6,14-16H,7-13H2. The van der Waals surface area contributed by atoms with Crippen LogP contribution in [0.15, 0.2) is 36.4 Å². The van der Waals surface area contributed by atoms with Gasteiger partial charge < -0.3 is 9.47 Å². The molecule has 3 heterocycles.